The lowest BCUT2D eigenvalue weighted by Gasteiger charge is -2.17. The SMILES string of the molecule is CC(C(=O)Nc1ccccc1)n1c(=O)cnc2ccccc21. The molecule has 1 aromatic heterocycles. The van der Waals surface area contributed by atoms with Crippen LogP contribution in [0.1, 0.15) is 13.0 Å². The van der Waals surface area contributed by atoms with E-state index in [2.05, 4.69) is 10.3 Å². The number of amides is 1. The van der Waals surface area contributed by atoms with Gasteiger partial charge in [0.15, 0.2) is 0 Å². The van der Waals surface area contributed by atoms with E-state index in [-0.39, 0.29) is 11.5 Å². The fourth-order valence-electron chi connectivity index (χ4n) is 2.37. The zero-order valence-electron chi connectivity index (χ0n) is 12.1. The normalized spacial score (nSPS) is 12.0. The molecule has 2 aromatic carbocycles. The van der Waals surface area contributed by atoms with Crippen molar-refractivity contribution in [2.75, 3.05) is 5.32 Å². The summed E-state index contributed by atoms with van der Waals surface area (Å²) >= 11 is 0. The summed E-state index contributed by atoms with van der Waals surface area (Å²) in [6.45, 7) is 1.70. The van der Waals surface area contributed by atoms with Gasteiger partial charge in [-0.25, -0.2) is 4.98 Å². The van der Waals surface area contributed by atoms with Crippen LogP contribution in [-0.4, -0.2) is 15.5 Å². The summed E-state index contributed by atoms with van der Waals surface area (Å²) in [5.74, 6) is -0.246. The number of carbonyl (C=O) groups excluding carboxylic acids is 1. The van der Waals surface area contributed by atoms with Crippen LogP contribution in [0.15, 0.2) is 65.6 Å². The smallest absolute Gasteiger partial charge is 0.270 e. The van der Waals surface area contributed by atoms with Crippen molar-refractivity contribution in [2.24, 2.45) is 0 Å². The molecule has 110 valence electrons. The molecule has 5 nitrogen and oxygen atoms in total. The van der Waals surface area contributed by atoms with Gasteiger partial charge < -0.3 is 5.32 Å². The fourth-order valence-corrected chi connectivity index (χ4v) is 2.37. The molecular formula is C17H15N3O2. The highest BCUT2D eigenvalue weighted by Gasteiger charge is 2.18. The van der Waals surface area contributed by atoms with Gasteiger partial charge >= 0.3 is 0 Å². The molecule has 0 spiro atoms. The number of benzene rings is 2. The minimum absolute atomic E-state index is 0.246. The van der Waals surface area contributed by atoms with Gasteiger partial charge in [-0.05, 0) is 31.2 Å². The standard InChI is InChI=1S/C17H15N3O2/c1-12(17(22)19-13-7-3-2-4-8-13)20-15-10-6-5-9-14(15)18-11-16(20)21/h2-12H,1H3,(H,19,22). The average molecular weight is 293 g/mol. The molecule has 1 heterocycles. The molecule has 1 amide bonds. The van der Waals surface area contributed by atoms with Crippen LogP contribution in [0.3, 0.4) is 0 Å². The van der Waals surface area contributed by atoms with Crippen molar-refractivity contribution in [3.05, 3.63) is 71.1 Å². The summed E-state index contributed by atoms with van der Waals surface area (Å²) in [4.78, 5) is 28.7. The molecule has 1 atom stereocenters. The van der Waals surface area contributed by atoms with Crippen LogP contribution in [0.5, 0.6) is 0 Å². The van der Waals surface area contributed by atoms with Gasteiger partial charge in [0.2, 0.25) is 5.91 Å². The molecule has 0 saturated heterocycles. The Balaban J connectivity index is 1.98. The molecule has 0 bridgehead atoms. The van der Waals surface area contributed by atoms with Crippen LogP contribution in [0.2, 0.25) is 0 Å². The van der Waals surface area contributed by atoms with E-state index >= 15 is 0 Å². The minimum Gasteiger partial charge on any atom is -0.324 e. The Hall–Kier alpha value is -2.95. The molecular weight excluding hydrogens is 278 g/mol. The maximum absolute atomic E-state index is 12.4. The summed E-state index contributed by atoms with van der Waals surface area (Å²) < 4.78 is 1.46. The van der Waals surface area contributed by atoms with E-state index in [1.165, 1.54) is 10.8 Å². The molecule has 22 heavy (non-hydrogen) atoms. The number of fused-ring (bicyclic) bond motifs is 1. The topological polar surface area (TPSA) is 64.0 Å². The monoisotopic (exact) mass is 293 g/mol. The zero-order valence-corrected chi connectivity index (χ0v) is 12.1. The van der Waals surface area contributed by atoms with E-state index in [9.17, 15) is 9.59 Å². The number of nitrogens with zero attached hydrogens (tertiary/aromatic N) is 2. The largest absolute Gasteiger partial charge is 0.324 e. The Kier molecular flexibility index (Phi) is 3.70. The Labute approximate surface area is 127 Å². The lowest BCUT2D eigenvalue weighted by molar-refractivity contribution is -0.118. The van der Waals surface area contributed by atoms with Crippen LogP contribution in [-0.2, 0) is 4.79 Å². The van der Waals surface area contributed by atoms with Crippen molar-refractivity contribution >= 4 is 22.6 Å². The molecule has 1 unspecified atom stereocenters. The third kappa shape index (κ3) is 2.61. The first kappa shape index (κ1) is 14.0. The van der Waals surface area contributed by atoms with E-state index in [1.807, 2.05) is 36.4 Å². The Morgan fingerprint density at radius 2 is 1.77 bits per heavy atom. The Bertz CT molecular complexity index is 872. The lowest BCUT2D eigenvalue weighted by Crippen LogP contribution is -2.31. The van der Waals surface area contributed by atoms with Crippen molar-refractivity contribution in [2.45, 2.75) is 13.0 Å². The van der Waals surface area contributed by atoms with Crippen LogP contribution in [0, 0.1) is 0 Å². The van der Waals surface area contributed by atoms with Crippen molar-refractivity contribution in [1.82, 2.24) is 9.55 Å². The summed E-state index contributed by atoms with van der Waals surface area (Å²) in [5, 5.41) is 2.81. The molecule has 0 aliphatic rings. The van der Waals surface area contributed by atoms with E-state index in [0.29, 0.717) is 16.7 Å². The fraction of sp³-hybridized carbons (Fsp3) is 0.118. The third-order valence-corrected chi connectivity index (χ3v) is 3.50. The second-order valence-electron chi connectivity index (χ2n) is 4.99. The third-order valence-electron chi connectivity index (χ3n) is 3.50. The van der Waals surface area contributed by atoms with Crippen molar-refractivity contribution in [1.29, 1.82) is 0 Å². The van der Waals surface area contributed by atoms with Gasteiger partial charge in [-0.3, -0.25) is 14.2 Å². The first-order valence-corrected chi connectivity index (χ1v) is 6.99. The molecule has 5 heteroatoms. The summed E-state index contributed by atoms with van der Waals surface area (Å²) in [5.41, 5.74) is 1.73. The van der Waals surface area contributed by atoms with Gasteiger partial charge in [0.05, 0.1) is 17.2 Å². The second kappa shape index (κ2) is 5.81. The molecule has 0 aliphatic heterocycles. The van der Waals surface area contributed by atoms with E-state index in [1.54, 1.807) is 25.1 Å². The maximum atomic E-state index is 12.4. The highest BCUT2D eigenvalue weighted by atomic mass is 16.2. The number of rotatable bonds is 3. The van der Waals surface area contributed by atoms with Crippen molar-refractivity contribution < 1.29 is 4.79 Å². The van der Waals surface area contributed by atoms with Gasteiger partial charge in [-0.1, -0.05) is 30.3 Å². The highest BCUT2D eigenvalue weighted by Crippen LogP contribution is 2.15. The second-order valence-corrected chi connectivity index (χ2v) is 4.99. The first-order chi connectivity index (χ1) is 10.7. The quantitative estimate of drug-likeness (QED) is 0.807. The van der Waals surface area contributed by atoms with Crippen molar-refractivity contribution in [3.63, 3.8) is 0 Å². The van der Waals surface area contributed by atoms with Gasteiger partial charge in [-0.2, -0.15) is 0 Å². The lowest BCUT2D eigenvalue weighted by atomic mass is 10.2. The Morgan fingerprint density at radius 1 is 1.09 bits per heavy atom. The van der Waals surface area contributed by atoms with Gasteiger partial charge in [0.25, 0.3) is 5.56 Å². The number of hydrogen-bond donors (Lipinski definition) is 1. The minimum atomic E-state index is -0.638. The molecule has 3 rings (SSSR count). The highest BCUT2D eigenvalue weighted by molar-refractivity contribution is 5.94. The van der Waals surface area contributed by atoms with E-state index in [4.69, 9.17) is 0 Å². The number of aromatic nitrogens is 2. The van der Waals surface area contributed by atoms with Crippen LogP contribution < -0.4 is 10.9 Å². The van der Waals surface area contributed by atoms with Crippen LogP contribution in [0.25, 0.3) is 11.0 Å². The summed E-state index contributed by atoms with van der Waals surface area (Å²) in [6.07, 6.45) is 1.24. The van der Waals surface area contributed by atoms with Gasteiger partial charge in [0.1, 0.15) is 6.04 Å². The number of nitrogens with one attached hydrogen (secondary N) is 1. The predicted molar refractivity (Wildman–Crippen MR) is 85.8 cm³/mol. The van der Waals surface area contributed by atoms with E-state index < -0.39 is 6.04 Å². The number of carbonyl (C=O) groups is 1. The summed E-state index contributed by atoms with van der Waals surface area (Å²) in [6, 6.07) is 15.8. The molecule has 1 N–H and O–H groups in total. The molecule has 0 saturated carbocycles. The number of para-hydroxylation sites is 3. The number of anilines is 1. The first-order valence-electron chi connectivity index (χ1n) is 6.99. The molecule has 3 aromatic rings. The van der Waals surface area contributed by atoms with E-state index in [0.717, 1.165) is 0 Å². The predicted octanol–water partition coefficient (Wildman–Crippen LogP) is 2.60. The molecule has 0 radical (unpaired) electrons. The summed E-state index contributed by atoms with van der Waals surface area (Å²) in [7, 11) is 0. The van der Waals surface area contributed by atoms with Crippen LogP contribution >= 0.6 is 0 Å². The average Bonchev–Trinajstić information content (AvgIpc) is 2.55. The maximum Gasteiger partial charge on any atom is 0.270 e. The number of hydrogen-bond acceptors (Lipinski definition) is 3. The van der Waals surface area contributed by atoms with Gasteiger partial charge in [-0.15, -0.1) is 0 Å². The Morgan fingerprint density at radius 3 is 2.55 bits per heavy atom. The van der Waals surface area contributed by atoms with Crippen molar-refractivity contribution in [3.8, 4) is 0 Å². The van der Waals surface area contributed by atoms with Crippen LogP contribution in [0.4, 0.5) is 5.69 Å². The zero-order chi connectivity index (χ0) is 15.5. The van der Waals surface area contributed by atoms with Gasteiger partial charge in [0, 0.05) is 5.69 Å². The molecule has 0 fully saturated rings. The molecule has 0 aliphatic carbocycles.